The molecule has 0 saturated carbocycles. The quantitative estimate of drug-likeness (QED) is 0.719. The van der Waals surface area contributed by atoms with E-state index in [1.807, 2.05) is 25.1 Å². The van der Waals surface area contributed by atoms with Crippen molar-refractivity contribution in [2.75, 3.05) is 42.9 Å². The van der Waals surface area contributed by atoms with Crippen molar-refractivity contribution in [2.45, 2.75) is 20.0 Å². The van der Waals surface area contributed by atoms with E-state index in [0.29, 0.717) is 4.52 Å². The van der Waals surface area contributed by atoms with E-state index in [-0.39, 0.29) is 11.5 Å². The Morgan fingerprint density at radius 2 is 1.79 bits per heavy atom. The molecule has 1 aliphatic heterocycles. The van der Waals surface area contributed by atoms with Crippen LogP contribution in [-0.2, 0) is 6.18 Å². The number of halogens is 3. The number of piperazine rings is 1. The number of nitrogens with zero attached hydrogens (tertiary/aromatic N) is 6. The Kier molecular flexibility index (Phi) is 5.03. The fourth-order valence-electron chi connectivity index (χ4n) is 3.57. The van der Waals surface area contributed by atoms with E-state index in [9.17, 15) is 13.2 Å². The summed E-state index contributed by atoms with van der Waals surface area (Å²) in [5.41, 5.74) is 3.07. The molecule has 0 unspecified atom stereocenters. The number of likely N-dealkylation sites (N-methyl/N-ethyl adjacent to an activating group) is 1. The number of benzene rings is 1. The molecule has 0 bridgehead atoms. The van der Waals surface area contributed by atoms with Gasteiger partial charge in [0.25, 0.3) is 5.82 Å². The number of aryl methyl sites for hydroxylation is 1. The Morgan fingerprint density at radius 3 is 2.45 bits per heavy atom. The van der Waals surface area contributed by atoms with Gasteiger partial charge in [-0.2, -0.15) is 17.7 Å². The van der Waals surface area contributed by atoms with E-state index >= 15 is 0 Å². The Morgan fingerprint density at radius 1 is 1.03 bits per heavy atom. The fourth-order valence-corrected chi connectivity index (χ4v) is 3.57. The van der Waals surface area contributed by atoms with Crippen LogP contribution in [0.1, 0.15) is 18.3 Å². The summed E-state index contributed by atoms with van der Waals surface area (Å²) in [6.45, 7) is 9.31. The number of fused-ring (bicyclic) bond motifs is 1. The summed E-state index contributed by atoms with van der Waals surface area (Å²) in [6.07, 6.45) is -4.62. The van der Waals surface area contributed by atoms with Gasteiger partial charge >= 0.3 is 6.18 Å². The van der Waals surface area contributed by atoms with Crippen molar-refractivity contribution >= 4 is 22.8 Å². The van der Waals surface area contributed by atoms with Gasteiger partial charge in [-0.3, -0.25) is 0 Å². The minimum absolute atomic E-state index is 0.0422. The van der Waals surface area contributed by atoms with Gasteiger partial charge in [0, 0.05) is 37.6 Å². The summed E-state index contributed by atoms with van der Waals surface area (Å²) in [4.78, 5) is 4.78. The van der Waals surface area contributed by atoms with Gasteiger partial charge in [-0.15, -0.1) is 15.3 Å². The number of alkyl halides is 3. The molecule has 1 saturated heterocycles. The molecule has 4 rings (SSSR count). The lowest BCUT2D eigenvalue weighted by Crippen LogP contribution is -2.46. The van der Waals surface area contributed by atoms with Crippen molar-refractivity contribution in [2.24, 2.45) is 0 Å². The van der Waals surface area contributed by atoms with Crippen LogP contribution in [0.15, 0.2) is 30.3 Å². The first-order chi connectivity index (χ1) is 13.8. The molecule has 7 nitrogen and oxygen atoms in total. The Bertz CT molecular complexity index is 1010. The van der Waals surface area contributed by atoms with E-state index < -0.39 is 12.0 Å². The van der Waals surface area contributed by atoms with E-state index in [1.165, 1.54) is 11.8 Å². The topological polar surface area (TPSA) is 61.6 Å². The fraction of sp³-hybridized carbons (Fsp3) is 0.421. The van der Waals surface area contributed by atoms with Crippen LogP contribution in [0.5, 0.6) is 0 Å². The first kappa shape index (κ1) is 19.4. The highest BCUT2D eigenvalue weighted by Gasteiger charge is 2.37. The standard InChI is InChI=1S/C19H22F3N7/c1-3-27-8-10-28(11-9-27)15-5-4-14(12-13(15)2)23-16-6-7-17-24-25-18(19(20,21)22)29(17)26-16/h4-7,12H,3,8-11H2,1-2H3,(H,23,26). The molecule has 3 heterocycles. The molecule has 0 amide bonds. The molecule has 3 aromatic rings. The summed E-state index contributed by atoms with van der Waals surface area (Å²) >= 11 is 0. The smallest absolute Gasteiger partial charge is 0.369 e. The highest BCUT2D eigenvalue weighted by atomic mass is 19.4. The number of anilines is 3. The summed E-state index contributed by atoms with van der Waals surface area (Å²) < 4.78 is 39.8. The first-order valence-electron chi connectivity index (χ1n) is 9.50. The number of hydrogen-bond donors (Lipinski definition) is 1. The number of aromatic nitrogens is 4. The van der Waals surface area contributed by atoms with Gasteiger partial charge in [0.1, 0.15) is 0 Å². The van der Waals surface area contributed by atoms with Crippen LogP contribution in [0.3, 0.4) is 0 Å². The van der Waals surface area contributed by atoms with Gasteiger partial charge in [0.05, 0.1) is 0 Å². The normalized spacial score (nSPS) is 15.8. The monoisotopic (exact) mass is 405 g/mol. The zero-order valence-corrected chi connectivity index (χ0v) is 16.2. The van der Waals surface area contributed by atoms with Crippen LogP contribution in [0.2, 0.25) is 0 Å². The maximum absolute atomic E-state index is 13.0. The summed E-state index contributed by atoms with van der Waals surface area (Å²) in [5.74, 6) is -0.861. The van der Waals surface area contributed by atoms with E-state index in [0.717, 1.165) is 44.0 Å². The van der Waals surface area contributed by atoms with Crippen molar-refractivity contribution in [3.05, 3.63) is 41.7 Å². The molecule has 0 atom stereocenters. The van der Waals surface area contributed by atoms with Gasteiger partial charge in [-0.05, 0) is 49.4 Å². The molecule has 0 spiro atoms. The van der Waals surface area contributed by atoms with Crippen molar-refractivity contribution < 1.29 is 13.2 Å². The summed E-state index contributed by atoms with van der Waals surface area (Å²) in [7, 11) is 0. The van der Waals surface area contributed by atoms with Crippen molar-refractivity contribution in [1.82, 2.24) is 24.7 Å². The average molecular weight is 405 g/mol. The minimum atomic E-state index is -4.62. The lowest BCUT2D eigenvalue weighted by molar-refractivity contribution is -0.146. The molecule has 1 aromatic carbocycles. The molecule has 2 aromatic heterocycles. The predicted octanol–water partition coefficient (Wildman–Crippen LogP) is 3.34. The van der Waals surface area contributed by atoms with Crippen LogP contribution in [-0.4, -0.2) is 57.4 Å². The second-order valence-corrected chi connectivity index (χ2v) is 7.06. The van der Waals surface area contributed by atoms with E-state index in [1.54, 1.807) is 6.07 Å². The Labute approximate surface area is 166 Å². The van der Waals surface area contributed by atoms with Crippen molar-refractivity contribution in [3.8, 4) is 0 Å². The minimum Gasteiger partial charge on any atom is -0.369 e. The lowest BCUT2D eigenvalue weighted by Gasteiger charge is -2.36. The largest absolute Gasteiger partial charge is 0.453 e. The van der Waals surface area contributed by atoms with Gasteiger partial charge in [0.2, 0.25) is 0 Å². The third kappa shape index (κ3) is 3.98. The average Bonchev–Trinajstić information content (AvgIpc) is 3.12. The molecule has 1 aliphatic rings. The number of hydrogen-bond acceptors (Lipinski definition) is 6. The van der Waals surface area contributed by atoms with Crippen molar-refractivity contribution in [3.63, 3.8) is 0 Å². The molecule has 1 fully saturated rings. The second-order valence-electron chi connectivity index (χ2n) is 7.06. The molecular formula is C19H22F3N7. The molecule has 0 aliphatic carbocycles. The third-order valence-corrected chi connectivity index (χ3v) is 5.15. The Balaban J connectivity index is 1.53. The molecule has 10 heteroatoms. The van der Waals surface area contributed by atoms with Gasteiger partial charge < -0.3 is 15.1 Å². The zero-order chi connectivity index (χ0) is 20.6. The van der Waals surface area contributed by atoms with E-state index in [2.05, 4.69) is 37.3 Å². The van der Waals surface area contributed by atoms with Gasteiger partial charge in [0.15, 0.2) is 11.5 Å². The predicted molar refractivity (Wildman–Crippen MR) is 105 cm³/mol. The van der Waals surface area contributed by atoms with Crippen LogP contribution in [0, 0.1) is 6.92 Å². The second kappa shape index (κ2) is 7.51. The molecule has 0 radical (unpaired) electrons. The maximum atomic E-state index is 13.0. The van der Waals surface area contributed by atoms with E-state index in [4.69, 9.17) is 0 Å². The summed E-state index contributed by atoms with van der Waals surface area (Å²) in [6, 6.07) is 8.96. The SMILES string of the molecule is CCN1CCN(c2ccc(Nc3ccc4nnc(C(F)(F)F)n4n3)cc2C)CC1. The zero-order valence-electron chi connectivity index (χ0n) is 16.2. The molecule has 1 N–H and O–H groups in total. The third-order valence-electron chi connectivity index (χ3n) is 5.15. The van der Waals surface area contributed by atoms with Crippen LogP contribution in [0.4, 0.5) is 30.4 Å². The van der Waals surface area contributed by atoms with Crippen LogP contribution in [0.25, 0.3) is 5.65 Å². The first-order valence-corrected chi connectivity index (χ1v) is 9.50. The summed E-state index contributed by atoms with van der Waals surface area (Å²) in [5, 5.41) is 13.8. The number of rotatable bonds is 4. The molecule has 154 valence electrons. The highest BCUT2D eigenvalue weighted by Crippen LogP contribution is 2.29. The Hall–Kier alpha value is -2.88. The van der Waals surface area contributed by atoms with Gasteiger partial charge in [-0.1, -0.05) is 6.92 Å². The van der Waals surface area contributed by atoms with Crippen LogP contribution < -0.4 is 10.2 Å². The van der Waals surface area contributed by atoms with Crippen molar-refractivity contribution in [1.29, 1.82) is 0 Å². The van der Waals surface area contributed by atoms with Crippen LogP contribution >= 0.6 is 0 Å². The van der Waals surface area contributed by atoms with Gasteiger partial charge in [-0.25, -0.2) is 0 Å². The molecule has 29 heavy (non-hydrogen) atoms. The highest BCUT2D eigenvalue weighted by molar-refractivity contribution is 5.65. The lowest BCUT2D eigenvalue weighted by atomic mass is 10.1. The molecular weight excluding hydrogens is 383 g/mol. The number of nitrogens with one attached hydrogen (secondary N) is 1. The maximum Gasteiger partial charge on any atom is 0.453 e.